The smallest absolute Gasteiger partial charge is 0.253 e. The predicted molar refractivity (Wildman–Crippen MR) is 70.2 cm³/mol. The standard InChI is InChI=1S/C14H17N3O/c1-11-4-6-13(7-5-11)14(18)16(2)9-12-8-15-17(3)10-12/h4-8,10H,9H2,1-3H3. The summed E-state index contributed by atoms with van der Waals surface area (Å²) in [6, 6.07) is 7.62. The van der Waals surface area contributed by atoms with E-state index in [0.717, 1.165) is 11.1 Å². The zero-order valence-electron chi connectivity index (χ0n) is 10.9. The quantitative estimate of drug-likeness (QED) is 0.827. The molecule has 1 amide bonds. The maximum absolute atomic E-state index is 12.2. The van der Waals surface area contributed by atoms with Crippen molar-refractivity contribution >= 4 is 5.91 Å². The molecule has 4 heteroatoms. The van der Waals surface area contributed by atoms with E-state index in [9.17, 15) is 4.79 Å². The number of carbonyl (C=O) groups excluding carboxylic acids is 1. The molecule has 0 N–H and O–H groups in total. The van der Waals surface area contributed by atoms with Crippen LogP contribution < -0.4 is 0 Å². The average Bonchev–Trinajstić information content (AvgIpc) is 2.75. The lowest BCUT2D eigenvalue weighted by Gasteiger charge is -2.16. The number of hydrogen-bond donors (Lipinski definition) is 0. The molecule has 4 nitrogen and oxygen atoms in total. The molecule has 94 valence electrons. The van der Waals surface area contributed by atoms with E-state index in [2.05, 4.69) is 5.10 Å². The molecule has 1 aromatic heterocycles. The Balaban J connectivity index is 2.07. The van der Waals surface area contributed by atoms with E-state index >= 15 is 0 Å². The second-order valence-corrected chi connectivity index (χ2v) is 4.55. The summed E-state index contributed by atoms with van der Waals surface area (Å²) in [5.41, 5.74) is 2.90. The number of aromatic nitrogens is 2. The summed E-state index contributed by atoms with van der Waals surface area (Å²) in [6.45, 7) is 2.58. The van der Waals surface area contributed by atoms with Crippen molar-refractivity contribution in [2.45, 2.75) is 13.5 Å². The first-order chi connectivity index (χ1) is 8.56. The molecule has 0 unspecified atom stereocenters. The molecule has 2 aromatic rings. The molecule has 0 fully saturated rings. The van der Waals surface area contributed by atoms with Crippen LogP contribution in [0.1, 0.15) is 21.5 Å². The van der Waals surface area contributed by atoms with E-state index in [-0.39, 0.29) is 5.91 Å². The maximum atomic E-state index is 12.2. The van der Waals surface area contributed by atoms with Crippen LogP contribution in [0.5, 0.6) is 0 Å². The first kappa shape index (κ1) is 12.4. The fourth-order valence-corrected chi connectivity index (χ4v) is 1.82. The van der Waals surface area contributed by atoms with E-state index < -0.39 is 0 Å². The highest BCUT2D eigenvalue weighted by molar-refractivity contribution is 5.94. The lowest BCUT2D eigenvalue weighted by molar-refractivity contribution is 0.0785. The van der Waals surface area contributed by atoms with Gasteiger partial charge in [-0.15, -0.1) is 0 Å². The zero-order valence-corrected chi connectivity index (χ0v) is 10.9. The Hall–Kier alpha value is -2.10. The van der Waals surface area contributed by atoms with Gasteiger partial charge in [-0.1, -0.05) is 17.7 Å². The molecule has 1 aromatic carbocycles. The van der Waals surface area contributed by atoms with Gasteiger partial charge in [0.1, 0.15) is 0 Å². The molecular weight excluding hydrogens is 226 g/mol. The first-order valence-corrected chi connectivity index (χ1v) is 5.86. The van der Waals surface area contributed by atoms with Gasteiger partial charge in [0.25, 0.3) is 5.91 Å². The van der Waals surface area contributed by atoms with Crippen molar-refractivity contribution in [2.24, 2.45) is 7.05 Å². The van der Waals surface area contributed by atoms with Crippen LogP contribution in [0.2, 0.25) is 0 Å². The summed E-state index contributed by atoms with van der Waals surface area (Å²) in [6.07, 6.45) is 3.69. The Bertz CT molecular complexity index is 542. The Morgan fingerprint density at radius 2 is 2.00 bits per heavy atom. The molecular formula is C14H17N3O. The monoisotopic (exact) mass is 243 g/mol. The van der Waals surface area contributed by atoms with Crippen LogP contribution in [0.3, 0.4) is 0 Å². The summed E-state index contributed by atoms with van der Waals surface area (Å²) in [7, 11) is 3.67. The normalized spacial score (nSPS) is 10.4. The van der Waals surface area contributed by atoms with Crippen LogP contribution in [-0.2, 0) is 13.6 Å². The minimum absolute atomic E-state index is 0.0267. The van der Waals surface area contributed by atoms with Crippen molar-refractivity contribution < 1.29 is 4.79 Å². The number of aryl methyl sites for hydroxylation is 2. The highest BCUT2D eigenvalue weighted by atomic mass is 16.2. The molecule has 2 rings (SSSR count). The molecule has 0 spiro atoms. The Kier molecular flexibility index (Phi) is 3.46. The second-order valence-electron chi connectivity index (χ2n) is 4.55. The number of nitrogens with zero attached hydrogens (tertiary/aromatic N) is 3. The molecule has 1 heterocycles. The SMILES string of the molecule is Cc1ccc(C(=O)N(C)Cc2cnn(C)c2)cc1. The van der Waals surface area contributed by atoms with Crippen molar-refractivity contribution in [3.63, 3.8) is 0 Å². The van der Waals surface area contributed by atoms with Crippen LogP contribution in [0, 0.1) is 6.92 Å². The van der Waals surface area contributed by atoms with Crippen LogP contribution in [0.15, 0.2) is 36.7 Å². The summed E-state index contributed by atoms with van der Waals surface area (Å²) in [5, 5.41) is 4.09. The number of benzene rings is 1. The van der Waals surface area contributed by atoms with Gasteiger partial charge in [-0.2, -0.15) is 5.10 Å². The maximum Gasteiger partial charge on any atom is 0.253 e. The lowest BCUT2D eigenvalue weighted by atomic mass is 10.1. The van der Waals surface area contributed by atoms with Crippen molar-refractivity contribution in [1.82, 2.24) is 14.7 Å². The first-order valence-electron chi connectivity index (χ1n) is 5.86. The fourth-order valence-electron chi connectivity index (χ4n) is 1.82. The van der Waals surface area contributed by atoms with E-state index in [1.807, 2.05) is 44.4 Å². The Morgan fingerprint density at radius 3 is 2.56 bits per heavy atom. The molecule has 0 saturated heterocycles. The van der Waals surface area contributed by atoms with Gasteiger partial charge in [0.15, 0.2) is 0 Å². The van der Waals surface area contributed by atoms with Gasteiger partial charge in [-0.05, 0) is 19.1 Å². The molecule has 0 bridgehead atoms. The van der Waals surface area contributed by atoms with Crippen molar-refractivity contribution in [3.05, 3.63) is 53.3 Å². The van der Waals surface area contributed by atoms with Gasteiger partial charge >= 0.3 is 0 Å². The van der Waals surface area contributed by atoms with E-state index in [1.54, 1.807) is 22.8 Å². The van der Waals surface area contributed by atoms with Crippen molar-refractivity contribution in [1.29, 1.82) is 0 Å². The largest absolute Gasteiger partial charge is 0.337 e. The van der Waals surface area contributed by atoms with Crippen LogP contribution in [-0.4, -0.2) is 27.6 Å². The summed E-state index contributed by atoms with van der Waals surface area (Å²) in [5.74, 6) is 0.0267. The third-order valence-corrected chi connectivity index (χ3v) is 2.82. The lowest BCUT2D eigenvalue weighted by Crippen LogP contribution is -2.25. The minimum Gasteiger partial charge on any atom is -0.337 e. The molecule has 0 atom stereocenters. The fraction of sp³-hybridized carbons (Fsp3) is 0.286. The third kappa shape index (κ3) is 2.77. The third-order valence-electron chi connectivity index (χ3n) is 2.82. The number of amides is 1. The van der Waals surface area contributed by atoms with E-state index in [4.69, 9.17) is 0 Å². The van der Waals surface area contributed by atoms with Gasteiger partial charge in [-0.3, -0.25) is 9.48 Å². The van der Waals surface area contributed by atoms with Crippen molar-refractivity contribution in [3.8, 4) is 0 Å². The summed E-state index contributed by atoms with van der Waals surface area (Å²) < 4.78 is 1.74. The average molecular weight is 243 g/mol. The summed E-state index contributed by atoms with van der Waals surface area (Å²) in [4.78, 5) is 13.9. The van der Waals surface area contributed by atoms with E-state index in [1.165, 1.54) is 0 Å². The molecule has 0 aliphatic rings. The molecule has 0 aliphatic heterocycles. The molecule has 0 radical (unpaired) electrons. The highest BCUT2D eigenvalue weighted by Gasteiger charge is 2.12. The Morgan fingerprint density at radius 1 is 1.33 bits per heavy atom. The number of hydrogen-bond acceptors (Lipinski definition) is 2. The van der Waals surface area contributed by atoms with E-state index in [0.29, 0.717) is 12.1 Å². The van der Waals surface area contributed by atoms with Gasteiger partial charge in [0, 0.05) is 38.0 Å². The topological polar surface area (TPSA) is 38.1 Å². The highest BCUT2D eigenvalue weighted by Crippen LogP contribution is 2.09. The molecule has 0 aliphatic carbocycles. The van der Waals surface area contributed by atoms with Crippen LogP contribution >= 0.6 is 0 Å². The van der Waals surface area contributed by atoms with Crippen LogP contribution in [0.25, 0.3) is 0 Å². The zero-order chi connectivity index (χ0) is 13.1. The van der Waals surface area contributed by atoms with Crippen LogP contribution in [0.4, 0.5) is 0 Å². The molecule has 18 heavy (non-hydrogen) atoms. The minimum atomic E-state index is 0.0267. The number of rotatable bonds is 3. The second kappa shape index (κ2) is 5.04. The Labute approximate surface area is 107 Å². The van der Waals surface area contributed by atoms with Gasteiger partial charge in [-0.25, -0.2) is 0 Å². The predicted octanol–water partition coefficient (Wildman–Crippen LogP) is 2.00. The van der Waals surface area contributed by atoms with Crippen molar-refractivity contribution in [2.75, 3.05) is 7.05 Å². The van der Waals surface area contributed by atoms with Gasteiger partial charge in [0.2, 0.25) is 0 Å². The summed E-state index contributed by atoms with van der Waals surface area (Å²) >= 11 is 0. The number of carbonyl (C=O) groups is 1. The van der Waals surface area contributed by atoms with Gasteiger partial charge in [0.05, 0.1) is 6.20 Å². The van der Waals surface area contributed by atoms with Gasteiger partial charge < -0.3 is 4.90 Å². The molecule has 0 saturated carbocycles.